The van der Waals surface area contributed by atoms with E-state index >= 15 is 0 Å². The van der Waals surface area contributed by atoms with E-state index in [-0.39, 0.29) is 12.7 Å². The van der Waals surface area contributed by atoms with Crippen LogP contribution in [0.2, 0.25) is 0 Å². The van der Waals surface area contributed by atoms with Gasteiger partial charge in [-0.1, -0.05) is 6.92 Å². The average molecular weight is 173 g/mol. The minimum atomic E-state index is 0.245. The maximum absolute atomic E-state index is 9.10. The molecule has 1 rings (SSSR count). The third kappa shape index (κ3) is 2.19. The number of hydrogen-bond acceptors (Lipinski definition) is 3. The van der Waals surface area contributed by atoms with Crippen LogP contribution in [-0.4, -0.2) is 49.5 Å². The highest BCUT2D eigenvalue weighted by Gasteiger charge is 2.27. The Labute approximate surface area is 74.3 Å². The van der Waals surface area contributed by atoms with Crippen molar-refractivity contribution in [3.63, 3.8) is 0 Å². The zero-order valence-electron chi connectivity index (χ0n) is 7.99. The van der Waals surface area contributed by atoms with E-state index < -0.39 is 0 Å². The number of methoxy groups -OCH3 is 1. The third-order valence-corrected chi connectivity index (χ3v) is 2.73. The summed E-state index contributed by atoms with van der Waals surface area (Å²) >= 11 is 0. The van der Waals surface area contributed by atoms with Crippen molar-refractivity contribution in [1.82, 2.24) is 4.90 Å². The number of nitrogens with zero attached hydrogens (tertiary/aromatic N) is 1. The van der Waals surface area contributed by atoms with Crippen molar-refractivity contribution in [3.8, 4) is 0 Å². The average Bonchev–Trinajstić information content (AvgIpc) is 2.16. The van der Waals surface area contributed by atoms with E-state index in [1.807, 2.05) is 0 Å². The van der Waals surface area contributed by atoms with Crippen LogP contribution in [0.25, 0.3) is 0 Å². The topological polar surface area (TPSA) is 32.7 Å². The van der Waals surface area contributed by atoms with E-state index in [1.165, 1.54) is 0 Å². The Morgan fingerprint density at radius 3 is 2.83 bits per heavy atom. The van der Waals surface area contributed by atoms with Crippen molar-refractivity contribution in [3.05, 3.63) is 0 Å². The molecule has 0 bridgehead atoms. The number of hydrogen-bond donors (Lipinski definition) is 1. The van der Waals surface area contributed by atoms with Crippen LogP contribution in [0.1, 0.15) is 13.3 Å². The summed E-state index contributed by atoms with van der Waals surface area (Å²) in [7, 11) is 1.73. The van der Waals surface area contributed by atoms with Crippen molar-refractivity contribution in [1.29, 1.82) is 0 Å². The van der Waals surface area contributed by atoms with E-state index in [1.54, 1.807) is 7.11 Å². The number of aliphatic hydroxyl groups is 1. The molecule has 0 aromatic heterocycles. The molecule has 1 fully saturated rings. The number of rotatable bonds is 3. The lowest BCUT2D eigenvalue weighted by Gasteiger charge is -2.36. The van der Waals surface area contributed by atoms with E-state index in [4.69, 9.17) is 9.84 Å². The number of aliphatic hydroxyl groups excluding tert-OH is 1. The van der Waals surface area contributed by atoms with Crippen molar-refractivity contribution in [2.45, 2.75) is 19.4 Å². The molecule has 1 heterocycles. The van der Waals surface area contributed by atoms with Crippen molar-refractivity contribution in [2.75, 3.05) is 33.4 Å². The number of likely N-dealkylation sites (tertiary alicyclic amines) is 1. The van der Waals surface area contributed by atoms with E-state index in [2.05, 4.69) is 11.8 Å². The predicted octanol–water partition coefficient (Wildman–Crippen LogP) is 0.335. The molecule has 0 spiro atoms. The minimum absolute atomic E-state index is 0.245. The lowest BCUT2D eigenvalue weighted by Crippen LogP contribution is -2.45. The zero-order valence-corrected chi connectivity index (χ0v) is 7.99. The molecule has 1 saturated heterocycles. The molecular weight excluding hydrogens is 154 g/mol. The van der Waals surface area contributed by atoms with Gasteiger partial charge in [-0.25, -0.2) is 0 Å². The predicted molar refractivity (Wildman–Crippen MR) is 48.1 cm³/mol. The molecule has 1 aliphatic rings. The standard InChI is InChI=1S/C9H19NO2/c1-3-10-5-4-9(12-2)8(6-10)7-11/h8-9,11H,3-7H2,1-2H3. The second-order valence-corrected chi connectivity index (χ2v) is 3.40. The van der Waals surface area contributed by atoms with Gasteiger partial charge in [0.2, 0.25) is 0 Å². The van der Waals surface area contributed by atoms with E-state index in [0.29, 0.717) is 5.92 Å². The highest BCUT2D eigenvalue weighted by atomic mass is 16.5. The van der Waals surface area contributed by atoms with Crippen molar-refractivity contribution >= 4 is 0 Å². The van der Waals surface area contributed by atoms with Gasteiger partial charge in [-0.3, -0.25) is 0 Å². The first kappa shape index (κ1) is 9.96. The Hall–Kier alpha value is -0.120. The summed E-state index contributed by atoms with van der Waals surface area (Å²) in [6.07, 6.45) is 1.31. The van der Waals surface area contributed by atoms with Gasteiger partial charge in [0.15, 0.2) is 0 Å². The van der Waals surface area contributed by atoms with Crippen molar-refractivity contribution in [2.24, 2.45) is 5.92 Å². The van der Waals surface area contributed by atoms with Crippen LogP contribution in [0.5, 0.6) is 0 Å². The maximum atomic E-state index is 9.10. The second-order valence-electron chi connectivity index (χ2n) is 3.40. The van der Waals surface area contributed by atoms with E-state index in [9.17, 15) is 0 Å². The third-order valence-electron chi connectivity index (χ3n) is 2.73. The highest BCUT2D eigenvalue weighted by molar-refractivity contribution is 4.79. The van der Waals surface area contributed by atoms with Gasteiger partial charge < -0.3 is 14.7 Å². The summed E-state index contributed by atoms with van der Waals surface area (Å²) < 4.78 is 5.30. The Balaban J connectivity index is 2.41. The van der Waals surface area contributed by atoms with Gasteiger partial charge >= 0.3 is 0 Å². The molecular formula is C9H19NO2. The molecule has 1 aliphatic heterocycles. The van der Waals surface area contributed by atoms with Gasteiger partial charge in [0.1, 0.15) is 0 Å². The van der Waals surface area contributed by atoms with Crippen LogP contribution in [0.3, 0.4) is 0 Å². The Bertz CT molecular complexity index is 130. The summed E-state index contributed by atoms with van der Waals surface area (Å²) in [5, 5.41) is 9.10. The first-order valence-corrected chi connectivity index (χ1v) is 4.67. The molecule has 0 saturated carbocycles. The molecule has 2 atom stereocenters. The molecule has 1 N–H and O–H groups in total. The fourth-order valence-electron chi connectivity index (χ4n) is 1.86. The van der Waals surface area contributed by atoms with Crippen molar-refractivity contribution < 1.29 is 9.84 Å². The maximum Gasteiger partial charge on any atom is 0.0645 e. The monoisotopic (exact) mass is 173 g/mol. The molecule has 3 heteroatoms. The van der Waals surface area contributed by atoms with Gasteiger partial charge in [0, 0.05) is 32.7 Å². The van der Waals surface area contributed by atoms with Crippen LogP contribution in [-0.2, 0) is 4.74 Å². The van der Waals surface area contributed by atoms with E-state index in [0.717, 1.165) is 26.1 Å². The SMILES string of the molecule is CCN1CCC(OC)C(CO)C1. The molecule has 0 amide bonds. The fraction of sp³-hybridized carbons (Fsp3) is 1.00. The van der Waals surface area contributed by atoms with Gasteiger partial charge in [-0.2, -0.15) is 0 Å². The largest absolute Gasteiger partial charge is 0.396 e. The minimum Gasteiger partial charge on any atom is -0.396 e. The lowest BCUT2D eigenvalue weighted by atomic mass is 9.95. The number of ether oxygens (including phenoxy) is 1. The zero-order chi connectivity index (χ0) is 8.97. The highest BCUT2D eigenvalue weighted by Crippen LogP contribution is 2.18. The molecule has 72 valence electrons. The summed E-state index contributed by atoms with van der Waals surface area (Å²) in [6.45, 7) is 5.56. The van der Waals surface area contributed by atoms with Crippen LogP contribution in [0, 0.1) is 5.92 Å². The molecule has 3 nitrogen and oxygen atoms in total. The molecule has 0 aromatic carbocycles. The normalized spacial score (nSPS) is 32.2. The summed E-state index contributed by atoms with van der Waals surface area (Å²) in [4.78, 5) is 2.36. The Morgan fingerprint density at radius 1 is 1.58 bits per heavy atom. The Morgan fingerprint density at radius 2 is 2.33 bits per heavy atom. The fourth-order valence-corrected chi connectivity index (χ4v) is 1.86. The number of piperidine rings is 1. The summed E-state index contributed by atoms with van der Waals surface area (Å²) in [5.41, 5.74) is 0. The smallest absolute Gasteiger partial charge is 0.0645 e. The second kappa shape index (κ2) is 4.80. The molecule has 0 aromatic rings. The molecule has 0 radical (unpaired) electrons. The van der Waals surface area contributed by atoms with Gasteiger partial charge in [-0.05, 0) is 13.0 Å². The van der Waals surface area contributed by atoms with Crippen LogP contribution in [0.15, 0.2) is 0 Å². The van der Waals surface area contributed by atoms with Gasteiger partial charge in [-0.15, -0.1) is 0 Å². The van der Waals surface area contributed by atoms with Crippen LogP contribution >= 0.6 is 0 Å². The Kier molecular flexibility index (Phi) is 3.98. The quantitative estimate of drug-likeness (QED) is 0.668. The lowest BCUT2D eigenvalue weighted by molar-refractivity contribution is -0.0255. The molecule has 12 heavy (non-hydrogen) atoms. The first-order valence-electron chi connectivity index (χ1n) is 4.67. The first-order chi connectivity index (χ1) is 5.81. The van der Waals surface area contributed by atoms with Crippen LogP contribution in [0.4, 0.5) is 0 Å². The molecule has 0 aliphatic carbocycles. The summed E-state index contributed by atoms with van der Waals surface area (Å²) in [6, 6.07) is 0. The summed E-state index contributed by atoms with van der Waals surface area (Å²) in [5.74, 6) is 0.309. The van der Waals surface area contributed by atoms with Gasteiger partial charge in [0.05, 0.1) is 6.10 Å². The van der Waals surface area contributed by atoms with Gasteiger partial charge in [0.25, 0.3) is 0 Å². The van der Waals surface area contributed by atoms with Crippen LogP contribution < -0.4 is 0 Å². The molecule has 2 unspecified atom stereocenters.